The Hall–Kier alpha value is -3.00. The molecule has 1 fully saturated rings. The van der Waals surface area contributed by atoms with Crippen LogP contribution in [0.3, 0.4) is 0 Å². The highest BCUT2D eigenvalue weighted by molar-refractivity contribution is 7.53. The summed E-state index contributed by atoms with van der Waals surface area (Å²) in [6.07, 6.45) is 3.49. The van der Waals surface area contributed by atoms with Gasteiger partial charge in [0.2, 0.25) is 11.8 Å². The van der Waals surface area contributed by atoms with Crippen LogP contribution in [-0.4, -0.2) is 48.7 Å². The molecular formula is C32H43N2O7P. The minimum absolute atomic E-state index is 0.0603. The van der Waals surface area contributed by atoms with Crippen molar-refractivity contribution in [1.29, 1.82) is 0 Å². The minimum Gasteiger partial charge on any atom is -0.459 e. The maximum absolute atomic E-state index is 14.0. The van der Waals surface area contributed by atoms with Gasteiger partial charge in [-0.25, -0.2) is 0 Å². The number of esters is 1. The van der Waals surface area contributed by atoms with E-state index in [4.69, 9.17) is 13.8 Å². The SMILES string of the molecule is CCOP(=O)(CC1(C(=O)N[C@H]2CCc3ccccc3N(CC(=O)OC(C)(C)C)C2=O)CCCC1)OCc1ccccc1. The molecule has 2 amide bonds. The summed E-state index contributed by atoms with van der Waals surface area (Å²) >= 11 is 0. The number of nitrogens with one attached hydrogen (secondary N) is 1. The Bertz CT molecular complexity index is 1300. The number of amides is 2. The number of ether oxygens (including phenoxy) is 1. The van der Waals surface area contributed by atoms with Crippen LogP contribution in [0, 0.1) is 5.41 Å². The van der Waals surface area contributed by atoms with Crippen LogP contribution in [0.5, 0.6) is 0 Å². The first kappa shape index (κ1) is 31.9. The second-order valence-electron chi connectivity index (χ2n) is 12.1. The highest BCUT2D eigenvalue weighted by Crippen LogP contribution is 2.57. The molecule has 0 saturated heterocycles. The van der Waals surface area contributed by atoms with Gasteiger partial charge in [-0.2, -0.15) is 0 Å². The van der Waals surface area contributed by atoms with Gasteiger partial charge in [0, 0.05) is 5.69 Å². The van der Waals surface area contributed by atoms with Crippen LogP contribution in [0.25, 0.3) is 0 Å². The summed E-state index contributed by atoms with van der Waals surface area (Å²) < 4.78 is 31.0. The molecule has 1 aliphatic carbocycles. The summed E-state index contributed by atoms with van der Waals surface area (Å²) in [5.74, 6) is -1.23. The molecule has 1 aliphatic heterocycles. The molecule has 42 heavy (non-hydrogen) atoms. The average Bonchev–Trinajstić information content (AvgIpc) is 3.37. The third kappa shape index (κ3) is 8.09. The highest BCUT2D eigenvalue weighted by atomic mass is 31.2. The molecule has 0 spiro atoms. The van der Waals surface area contributed by atoms with E-state index in [-0.39, 0.29) is 37.7 Å². The second-order valence-corrected chi connectivity index (χ2v) is 14.2. The zero-order valence-electron chi connectivity index (χ0n) is 25.1. The first-order valence-corrected chi connectivity index (χ1v) is 16.5. The molecule has 1 saturated carbocycles. The van der Waals surface area contributed by atoms with Crippen molar-refractivity contribution >= 4 is 31.1 Å². The molecule has 0 radical (unpaired) electrons. The summed E-state index contributed by atoms with van der Waals surface area (Å²) in [6.45, 7) is 7.10. The summed E-state index contributed by atoms with van der Waals surface area (Å²) in [5.41, 5.74) is 0.714. The topological polar surface area (TPSA) is 111 Å². The number of nitrogens with zero attached hydrogens (tertiary/aromatic N) is 1. The molecule has 0 aromatic heterocycles. The Morgan fingerprint density at radius 2 is 1.69 bits per heavy atom. The van der Waals surface area contributed by atoms with E-state index >= 15 is 0 Å². The largest absolute Gasteiger partial charge is 0.459 e. The highest BCUT2D eigenvalue weighted by Gasteiger charge is 2.49. The van der Waals surface area contributed by atoms with Gasteiger partial charge in [-0.1, -0.05) is 61.4 Å². The number of rotatable bonds is 11. The standard InChI is InChI=1S/C32H43N2O7P/c1-5-39-42(38,40-22-24-13-7-6-8-14-24)23-32(19-11-12-20-32)30(37)33-26-18-17-25-15-9-10-16-27(25)34(29(26)36)21-28(35)41-31(2,3)4/h6-10,13-16,26H,5,11-12,17-23H2,1-4H3,(H,33,37)/t26-,42?/m0/s1. The molecule has 10 heteroatoms. The maximum atomic E-state index is 14.0. The first-order chi connectivity index (χ1) is 19.9. The number of carbonyl (C=O) groups excluding carboxylic acids is 3. The lowest BCUT2D eigenvalue weighted by atomic mass is 9.87. The van der Waals surface area contributed by atoms with E-state index in [9.17, 15) is 18.9 Å². The quantitative estimate of drug-likeness (QED) is 0.257. The van der Waals surface area contributed by atoms with Gasteiger partial charge in [-0.15, -0.1) is 0 Å². The number of anilines is 1. The summed E-state index contributed by atoms with van der Waals surface area (Å²) in [6, 6.07) is 16.0. The van der Waals surface area contributed by atoms with E-state index < -0.39 is 30.6 Å². The van der Waals surface area contributed by atoms with Crippen molar-refractivity contribution in [2.45, 2.75) is 84.5 Å². The van der Waals surface area contributed by atoms with Crippen molar-refractivity contribution in [3.63, 3.8) is 0 Å². The van der Waals surface area contributed by atoms with Crippen LogP contribution >= 0.6 is 7.60 Å². The molecule has 1 unspecified atom stereocenters. The van der Waals surface area contributed by atoms with Gasteiger partial charge >= 0.3 is 13.6 Å². The van der Waals surface area contributed by atoms with E-state index in [2.05, 4.69) is 5.32 Å². The fourth-order valence-corrected chi connectivity index (χ4v) is 7.98. The van der Waals surface area contributed by atoms with E-state index in [1.807, 2.05) is 54.6 Å². The van der Waals surface area contributed by atoms with Crippen molar-refractivity contribution in [3.05, 3.63) is 65.7 Å². The molecular weight excluding hydrogens is 555 g/mol. The minimum atomic E-state index is -3.65. The molecule has 228 valence electrons. The van der Waals surface area contributed by atoms with Gasteiger partial charge in [0.1, 0.15) is 18.2 Å². The van der Waals surface area contributed by atoms with Crippen LogP contribution in [0.2, 0.25) is 0 Å². The zero-order chi connectivity index (χ0) is 30.4. The molecule has 9 nitrogen and oxygen atoms in total. The van der Waals surface area contributed by atoms with Gasteiger partial charge < -0.3 is 19.1 Å². The van der Waals surface area contributed by atoms with Crippen LogP contribution < -0.4 is 10.2 Å². The summed E-state index contributed by atoms with van der Waals surface area (Å²) in [4.78, 5) is 42.2. The van der Waals surface area contributed by atoms with Crippen LogP contribution in [0.4, 0.5) is 5.69 Å². The van der Waals surface area contributed by atoms with Gasteiger partial charge in [0.25, 0.3) is 0 Å². The average molecular weight is 599 g/mol. The second kappa shape index (κ2) is 13.5. The van der Waals surface area contributed by atoms with Gasteiger partial charge in [0.05, 0.1) is 24.8 Å². The lowest BCUT2D eigenvalue weighted by Crippen LogP contribution is -2.53. The third-order valence-corrected chi connectivity index (χ3v) is 9.86. The number of aryl methyl sites for hydroxylation is 1. The zero-order valence-corrected chi connectivity index (χ0v) is 26.0. The van der Waals surface area contributed by atoms with Crippen LogP contribution in [0.15, 0.2) is 54.6 Å². The van der Waals surface area contributed by atoms with Crippen molar-refractivity contribution in [2.24, 2.45) is 5.41 Å². The van der Waals surface area contributed by atoms with Gasteiger partial charge in [-0.05, 0) is 70.6 Å². The Balaban J connectivity index is 1.54. The normalized spacial score (nSPS) is 19.9. The fraction of sp³-hybridized carbons (Fsp3) is 0.531. The smallest absolute Gasteiger partial charge is 0.332 e. The molecule has 0 bridgehead atoms. The molecule has 2 aromatic rings. The van der Waals surface area contributed by atoms with Crippen molar-refractivity contribution in [3.8, 4) is 0 Å². The Morgan fingerprint density at radius 3 is 2.36 bits per heavy atom. The van der Waals surface area contributed by atoms with E-state index in [1.54, 1.807) is 27.7 Å². The monoisotopic (exact) mass is 598 g/mol. The Morgan fingerprint density at radius 1 is 1.02 bits per heavy atom. The lowest BCUT2D eigenvalue weighted by molar-refractivity contribution is -0.153. The fourth-order valence-electron chi connectivity index (χ4n) is 5.78. The summed E-state index contributed by atoms with van der Waals surface area (Å²) in [5, 5.41) is 3.00. The van der Waals surface area contributed by atoms with E-state index in [0.717, 1.165) is 24.0 Å². The molecule has 2 atom stereocenters. The number of benzene rings is 2. The van der Waals surface area contributed by atoms with E-state index in [1.165, 1.54) is 4.90 Å². The predicted molar refractivity (Wildman–Crippen MR) is 161 cm³/mol. The molecule has 1 heterocycles. The number of hydrogen-bond donors (Lipinski definition) is 1. The summed E-state index contributed by atoms with van der Waals surface area (Å²) in [7, 11) is -3.65. The molecule has 4 rings (SSSR count). The third-order valence-electron chi connectivity index (χ3n) is 7.70. The van der Waals surface area contributed by atoms with Crippen molar-refractivity contribution < 1.29 is 32.7 Å². The van der Waals surface area contributed by atoms with Crippen LogP contribution in [-0.2, 0) is 45.8 Å². The number of hydrogen-bond acceptors (Lipinski definition) is 7. The van der Waals surface area contributed by atoms with Crippen molar-refractivity contribution in [1.82, 2.24) is 5.32 Å². The molecule has 2 aromatic carbocycles. The maximum Gasteiger partial charge on any atom is 0.332 e. The molecule has 2 aliphatic rings. The molecule has 1 N–H and O–H groups in total. The predicted octanol–water partition coefficient (Wildman–Crippen LogP) is 5.80. The van der Waals surface area contributed by atoms with Gasteiger partial charge in [-0.3, -0.25) is 23.8 Å². The van der Waals surface area contributed by atoms with Crippen molar-refractivity contribution in [2.75, 3.05) is 24.2 Å². The number of carbonyl (C=O) groups is 3. The number of para-hydroxylation sites is 1. The lowest BCUT2D eigenvalue weighted by Gasteiger charge is -2.33. The number of fused-ring (bicyclic) bond motifs is 1. The Labute approximate surface area is 248 Å². The Kier molecular flexibility index (Phi) is 10.3. The van der Waals surface area contributed by atoms with E-state index in [0.29, 0.717) is 31.4 Å². The van der Waals surface area contributed by atoms with Crippen LogP contribution in [0.1, 0.15) is 70.9 Å². The van der Waals surface area contributed by atoms with Gasteiger partial charge in [0.15, 0.2) is 0 Å². The first-order valence-electron chi connectivity index (χ1n) is 14.8.